The van der Waals surface area contributed by atoms with Crippen LogP contribution in [0.4, 0.5) is 0 Å². The summed E-state index contributed by atoms with van der Waals surface area (Å²) in [5.41, 5.74) is 1.22. The SMILES string of the molecule is CCOC(=O)C1=Cc2ccc(O)c(O)c2[C@H](c2ccc(O)c(OC)c2)[C@H]1C(=O)OCC. The number of fused-ring (bicyclic) bond motifs is 1. The number of rotatable bonds is 6. The van der Waals surface area contributed by atoms with Gasteiger partial charge in [-0.15, -0.1) is 0 Å². The Hall–Kier alpha value is -3.68. The lowest BCUT2D eigenvalue weighted by molar-refractivity contribution is -0.150. The van der Waals surface area contributed by atoms with Crippen molar-refractivity contribution in [3.05, 3.63) is 52.6 Å². The maximum atomic E-state index is 13.0. The summed E-state index contributed by atoms with van der Waals surface area (Å²) in [5.74, 6) is -4.20. The minimum atomic E-state index is -1.16. The molecule has 0 saturated carbocycles. The summed E-state index contributed by atoms with van der Waals surface area (Å²) in [6, 6.07) is 7.28. The Bertz CT molecular complexity index is 1040. The fraction of sp³-hybridized carbons (Fsp3) is 0.304. The van der Waals surface area contributed by atoms with Gasteiger partial charge in [0.25, 0.3) is 0 Å². The molecule has 0 aromatic heterocycles. The van der Waals surface area contributed by atoms with Gasteiger partial charge in [-0.1, -0.05) is 12.1 Å². The number of esters is 2. The van der Waals surface area contributed by atoms with Crippen LogP contribution >= 0.6 is 0 Å². The van der Waals surface area contributed by atoms with E-state index >= 15 is 0 Å². The lowest BCUT2D eigenvalue weighted by Gasteiger charge is -2.33. The van der Waals surface area contributed by atoms with E-state index < -0.39 is 29.5 Å². The Morgan fingerprint density at radius 3 is 2.29 bits per heavy atom. The average Bonchev–Trinajstić information content (AvgIpc) is 2.75. The minimum Gasteiger partial charge on any atom is -0.504 e. The second kappa shape index (κ2) is 8.99. The predicted molar refractivity (Wildman–Crippen MR) is 111 cm³/mol. The number of ether oxygens (including phenoxy) is 3. The van der Waals surface area contributed by atoms with Gasteiger partial charge in [0.2, 0.25) is 0 Å². The highest BCUT2D eigenvalue weighted by atomic mass is 16.5. The molecule has 0 amide bonds. The van der Waals surface area contributed by atoms with Gasteiger partial charge in [0, 0.05) is 11.5 Å². The molecule has 0 heterocycles. The molecule has 164 valence electrons. The van der Waals surface area contributed by atoms with Crippen molar-refractivity contribution in [1.29, 1.82) is 0 Å². The van der Waals surface area contributed by atoms with Crippen molar-refractivity contribution in [3.8, 4) is 23.0 Å². The lowest BCUT2D eigenvalue weighted by atomic mass is 9.71. The standard InChI is InChI=1S/C23H24O8/c1-4-30-22(27)14-10-12-7-9-16(25)21(26)19(12)18(20(14)23(28)31-5-2)13-6-8-15(24)17(11-13)29-3/h6-11,18,20,24-26H,4-5H2,1-3H3/t18-,20-/m0/s1. The monoisotopic (exact) mass is 428 g/mol. The third-order valence-corrected chi connectivity index (χ3v) is 5.13. The zero-order valence-corrected chi connectivity index (χ0v) is 17.4. The molecule has 2 aromatic carbocycles. The molecule has 0 spiro atoms. The van der Waals surface area contributed by atoms with Gasteiger partial charge in [-0.25, -0.2) is 4.79 Å². The molecule has 0 bridgehead atoms. The molecule has 0 fully saturated rings. The Balaban J connectivity index is 2.32. The molecule has 0 radical (unpaired) electrons. The van der Waals surface area contributed by atoms with Crippen molar-refractivity contribution in [2.75, 3.05) is 20.3 Å². The lowest BCUT2D eigenvalue weighted by Crippen LogP contribution is -2.33. The zero-order valence-electron chi connectivity index (χ0n) is 17.4. The first-order valence-electron chi connectivity index (χ1n) is 9.81. The van der Waals surface area contributed by atoms with Gasteiger partial charge in [0.15, 0.2) is 23.0 Å². The molecule has 0 unspecified atom stereocenters. The van der Waals surface area contributed by atoms with Gasteiger partial charge in [0.05, 0.1) is 25.9 Å². The summed E-state index contributed by atoms with van der Waals surface area (Å²) in [4.78, 5) is 25.8. The van der Waals surface area contributed by atoms with E-state index in [1.54, 1.807) is 19.9 Å². The highest BCUT2D eigenvalue weighted by Crippen LogP contribution is 2.50. The van der Waals surface area contributed by atoms with Crippen LogP contribution in [0.25, 0.3) is 6.08 Å². The summed E-state index contributed by atoms with van der Waals surface area (Å²) in [7, 11) is 1.38. The predicted octanol–water partition coefficient (Wildman–Crippen LogP) is 3.08. The van der Waals surface area contributed by atoms with E-state index in [2.05, 4.69) is 0 Å². The Kier molecular flexibility index (Phi) is 6.39. The van der Waals surface area contributed by atoms with E-state index in [4.69, 9.17) is 14.2 Å². The molecule has 3 N–H and O–H groups in total. The number of phenolic OH excluding ortho intramolecular Hbond substituents is 3. The smallest absolute Gasteiger partial charge is 0.334 e. The van der Waals surface area contributed by atoms with Crippen LogP contribution in [0.5, 0.6) is 23.0 Å². The summed E-state index contributed by atoms with van der Waals surface area (Å²) in [6.07, 6.45) is 1.46. The number of methoxy groups -OCH3 is 1. The number of aromatic hydroxyl groups is 3. The van der Waals surface area contributed by atoms with E-state index in [0.717, 1.165) is 0 Å². The van der Waals surface area contributed by atoms with Crippen LogP contribution in [0.15, 0.2) is 35.9 Å². The van der Waals surface area contributed by atoms with Gasteiger partial charge >= 0.3 is 11.9 Å². The number of hydrogen-bond donors (Lipinski definition) is 3. The molecular formula is C23H24O8. The molecule has 3 rings (SSSR count). The third kappa shape index (κ3) is 4.01. The molecular weight excluding hydrogens is 404 g/mol. The van der Waals surface area contributed by atoms with E-state index in [1.165, 1.54) is 37.5 Å². The van der Waals surface area contributed by atoms with E-state index in [9.17, 15) is 24.9 Å². The fourth-order valence-corrected chi connectivity index (χ4v) is 3.81. The first kappa shape index (κ1) is 22.0. The van der Waals surface area contributed by atoms with Crippen LogP contribution in [-0.2, 0) is 19.1 Å². The van der Waals surface area contributed by atoms with E-state index in [1.807, 2.05) is 0 Å². The van der Waals surface area contributed by atoms with Gasteiger partial charge in [-0.3, -0.25) is 4.79 Å². The van der Waals surface area contributed by atoms with Crippen molar-refractivity contribution in [2.45, 2.75) is 19.8 Å². The normalized spacial score (nSPS) is 17.3. The van der Waals surface area contributed by atoms with Crippen LogP contribution in [-0.4, -0.2) is 47.6 Å². The average molecular weight is 428 g/mol. The summed E-state index contributed by atoms with van der Waals surface area (Å²) in [6.45, 7) is 3.48. The van der Waals surface area contributed by atoms with E-state index in [-0.39, 0.29) is 41.6 Å². The Labute approximate surface area is 179 Å². The molecule has 1 aliphatic carbocycles. The van der Waals surface area contributed by atoms with Crippen molar-refractivity contribution >= 4 is 18.0 Å². The fourth-order valence-electron chi connectivity index (χ4n) is 3.81. The first-order valence-corrected chi connectivity index (χ1v) is 9.81. The molecule has 0 saturated heterocycles. The Morgan fingerprint density at radius 2 is 1.65 bits per heavy atom. The second-order valence-corrected chi connectivity index (χ2v) is 6.90. The maximum Gasteiger partial charge on any atom is 0.334 e. The van der Waals surface area contributed by atoms with Crippen LogP contribution in [0.1, 0.15) is 36.5 Å². The molecule has 2 aromatic rings. The molecule has 1 aliphatic rings. The van der Waals surface area contributed by atoms with Gasteiger partial charge in [0.1, 0.15) is 5.92 Å². The molecule has 8 heteroatoms. The number of carbonyl (C=O) groups is 2. The van der Waals surface area contributed by atoms with Crippen LogP contribution < -0.4 is 4.74 Å². The number of phenols is 3. The van der Waals surface area contributed by atoms with Crippen molar-refractivity contribution in [2.24, 2.45) is 5.92 Å². The molecule has 0 aliphatic heterocycles. The number of benzene rings is 2. The summed E-state index contributed by atoms with van der Waals surface area (Å²) < 4.78 is 15.6. The number of hydrogen-bond acceptors (Lipinski definition) is 8. The van der Waals surface area contributed by atoms with Crippen molar-refractivity contribution in [1.82, 2.24) is 0 Å². The minimum absolute atomic E-state index is 0.0648. The van der Waals surface area contributed by atoms with Crippen LogP contribution in [0.2, 0.25) is 0 Å². The van der Waals surface area contributed by atoms with Crippen molar-refractivity contribution in [3.63, 3.8) is 0 Å². The highest BCUT2D eigenvalue weighted by Gasteiger charge is 2.44. The van der Waals surface area contributed by atoms with Crippen molar-refractivity contribution < 1.29 is 39.1 Å². The summed E-state index contributed by atoms with van der Waals surface area (Å²) >= 11 is 0. The molecule has 8 nitrogen and oxygen atoms in total. The maximum absolute atomic E-state index is 13.0. The zero-order chi connectivity index (χ0) is 22.7. The second-order valence-electron chi connectivity index (χ2n) is 6.90. The topological polar surface area (TPSA) is 123 Å². The Morgan fingerprint density at radius 1 is 0.968 bits per heavy atom. The first-order chi connectivity index (χ1) is 14.8. The van der Waals surface area contributed by atoms with Crippen LogP contribution in [0.3, 0.4) is 0 Å². The van der Waals surface area contributed by atoms with Crippen LogP contribution in [0, 0.1) is 5.92 Å². The van der Waals surface area contributed by atoms with E-state index in [0.29, 0.717) is 11.1 Å². The van der Waals surface area contributed by atoms with Gasteiger partial charge in [-0.2, -0.15) is 0 Å². The molecule has 31 heavy (non-hydrogen) atoms. The van der Waals surface area contributed by atoms with Gasteiger partial charge < -0.3 is 29.5 Å². The van der Waals surface area contributed by atoms with Gasteiger partial charge in [-0.05, 0) is 49.2 Å². The third-order valence-electron chi connectivity index (χ3n) is 5.13. The summed E-state index contributed by atoms with van der Waals surface area (Å²) in [5, 5.41) is 30.8. The quantitative estimate of drug-likeness (QED) is 0.474. The molecule has 2 atom stereocenters. The number of carbonyl (C=O) groups excluding carboxylic acids is 2. The largest absolute Gasteiger partial charge is 0.504 e. The highest BCUT2D eigenvalue weighted by molar-refractivity contribution is 6.02.